The van der Waals surface area contributed by atoms with E-state index in [-0.39, 0.29) is 35.6 Å². The van der Waals surface area contributed by atoms with Gasteiger partial charge in [-0.2, -0.15) is 13.8 Å². The van der Waals surface area contributed by atoms with Crippen LogP contribution in [0.25, 0.3) is 16.9 Å². The molecule has 8 nitrogen and oxygen atoms in total. The van der Waals surface area contributed by atoms with Crippen LogP contribution >= 0.6 is 0 Å². The summed E-state index contributed by atoms with van der Waals surface area (Å²) in [6.07, 6.45) is 3.10. The van der Waals surface area contributed by atoms with E-state index in [1.165, 1.54) is 16.9 Å². The van der Waals surface area contributed by atoms with E-state index >= 15 is 0 Å². The Kier molecular flexibility index (Phi) is 5.71. The third kappa shape index (κ3) is 4.17. The van der Waals surface area contributed by atoms with Gasteiger partial charge in [-0.1, -0.05) is 39.0 Å². The Hall–Kier alpha value is -3.92. The average Bonchev–Trinajstić information content (AvgIpc) is 3.09. The van der Waals surface area contributed by atoms with Crippen LogP contribution in [0.2, 0.25) is 0 Å². The molecule has 0 unspecified atom stereocenters. The summed E-state index contributed by atoms with van der Waals surface area (Å²) in [6, 6.07) is 10.3. The van der Waals surface area contributed by atoms with Gasteiger partial charge < -0.3 is 10.6 Å². The highest BCUT2D eigenvalue weighted by Crippen LogP contribution is 2.34. The normalized spacial score (nSPS) is 15.0. The van der Waals surface area contributed by atoms with Crippen molar-refractivity contribution in [1.29, 1.82) is 0 Å². The molecule has 0 aliphatic carbocycles. The van der Waals surface area contributed by atoms with Crippen LogP contribution in [0.5, 0.6) is 0 Å². The number of pyridine rings is 1. The molecule has 186 valence electrons. The molecule has 3 aromatic heterocycles. The highest BCUT2D eigenvalue weighted by Gasteiger charge is 2.36. The highest BCUT2D eigenvalue weighted by atomic mass is 19.3. The van der Waals surface area contributed by atoms with Crippen molar-refractivity contribution >= 4 is 22.7 Å². The number of nitrogens with zero attached hydrogens (tertiary/aromatic N) is 5. The molecule has 36 heavy (non-hydrogen) atoms. The van der Waals surface area contributed by atoms with Crippen LogP contribution < -0.4 is 16.2 Å². The van der Waals surface area contributed by atoms with Crippen molar-refractivity contribution in [2.45, 2.75) is 45.2 Å². The standard InChI is InChI=1S/C26H27F2N7O/c1-5-11-34-23(36)18-14-30-24(31-17-9-10-19-16(12-17)13-29-15-26(19,27)28)33-22(18)35(34)21-8-6-7-20(32-21)25(2,3)4/h5-10,12,14,29H,1,11,13,15H2,2-4H3,(H,30,31,33). The van der Waals surface area contributed by atoms with E-state index < -0.39 is 5.92 Å². The second kappa shape index (κ2) is 8.63. The summed E-state index contributed by atoms with van der Waals surface area (Å²) >= 11 is 0. The molecule has 0 radical (unpaired) electrons. The first kappa shape index (κ1) is 23.8. The summed E-state index contributed by atoms with van der Waals surface area (Å²) in [4.78, 5) is 26.9. The number of aromatic nitrogens is 5. The summed E-state index contributed by atoms with van der Waals surface area (Å²) < 4.78 is 31.5. The maximum atomic E-state index is 14.2. The van der Waals surface area contributed by atoms with Crippen LogP contribution in [0.15, 0.2) is 60.0 Å². The van der Waals surface area contributed by atoms with Gasteiger partial charge in [0.25, 0.3) is 11.5 Å². The molecule has 0 saturated carbocycles. The smallest absolute Gasteiger partial charge is 0.285 e. The number of benzene rings is 1. The number of rotatable bonds is 5. The van der Waals surface area contributed by atoms with Gasteiger partial charge in [-0.25, -0.2) is 19.3 Å². The van der Waals surface area contributed by atoms with E-state index in [0.29, 0.717) is 34.6 Å². The minimum atomic E-state index is -2.92. The number of alkyl halides is 2. The Balaban J connectivity index is 1.60. The molecule has 1 aromatic carbocycles. The van der Waals surface area contributed by atoms with Gasteiger partial charge in [0, 0.05) is 35.1 Å². The third-order valence-corrected chi connectivity index (χ3v) is 6.12. The van der Waals surface area contributed by atoms with E-state index in [2.05, 4.69) is 48.0 Å². The summed E-state index contributed by atoms with van der Waals surface area (Å²) in [5.74, 6) is -2.14. The molecule has 10 heteroatoms. The summed E-state index contributed by atoms with van der Waals surface area (Å²) in [5, 5.41) is 6.16. The van der Waals surface area contributed by atoms with E-state index in [4.69, 9.17) is 4.98 Å². The molecule has 0 bridgehead atoms. The quantitative estimate of drug-likeness (QED) is 0.402. The van der Waals surface area contributed by atoms with Crippen LogP contribution in [-0.4, -0.2) is 30.9 Å². The van der Waals surface area contributed by atoms with Crippen molar-refractivity contribution in [3.63, 3.8) is 0 Å². The molecule has 0 fully saturated rings. The average molecular weight is 492 g/mol. The predicted octanol–water partition coefficient (Wildman–Crippen LogP) is 4.40. The second-order valence-electron chi connectivity index (χ2n) is 9.85. The molecule has 0 atom stereocenters. The van der Waals surface area contributed by atoms with E-state index in [9.17, 15) is 13.6 Å². The zero-order valence-corrected chi connectivity index (χ0v) is 20.3. The van der Waals surface area contributed by atoms with Crippen molar-refractivity contribution in [1.82, 2.24) is 29.6 Å². The lowest BCUT2D eigenvalue weighted by Gasteiger charge is -2.26. The molecular weight excluding hydrogens is 464 g/mol. The summed E-state index contributed by atoms with van der Waals surface area (Å²) in [5.41, 5.74) is 1.89. The van der Waals surface area contributed by atoms with Gasteiger partial charge in [-0.3, -0.25) is 4.79 Å². The van der Waals surface area contributed by atoms with Gasteiger partial charge >= 0.3 is 0 Å². The van der Waals surface area contributed by atoms with Gasteiger partial charge in [0.1, 0.15) is 5.39 Å². The Labute approximate surface area is 206 Å². The van der Waals surface area contributed by atoms with Crippen LogP contribution in [-0.2, 0) is 24.4 Å². The van der Waals surface area contributed by atoms with Crippen LogP contribution in [0.1, 0.15) is 37.6 Å². The molecule has 0 spiro atoms. The largest absolute Gasteiger partial charge is 0.324 e. The van der Waals surface area contributed by atoms with Crippen LogP contribution in [0, 0.1) is 0 Å². The van der Waals surface area contributed by atoms with E-state index in [0.717, 1.165) is 5.69 Å². The molecule has 4 heterocycles. The van der Waals surface area contributed by atoms with Crippen molar-refractivity contribution < 1.29 is 8.78 Å². The van der Waals surface area contributed by atoms with Crippen LogP contribution in [0.3, 0.4) is 0 Å². The zero-order chi connectivity index (χ0) is 25.7. The Morgan fingerprint density at radius 2 is 2.03 bits per heavy atom. The van der Waals surface area contributed by atoms with Crippen LogP contribution in [0.4, 0.5) is 20.4 Å². The minimum Gasteiger partial charge on any atom is -0.324 e. The first-order chi connectivity index (χ1) is 17.1. The molecule has 0 saturated heterocycles. The van der Waals surface area contributed by atoms with Gasteiger partial charge in [0.05, 0.1) is 13.1 Å². The first-order valence-electron chi connectivity index (χ1n) is 11.6. The van der Waals surface area contributed by atoms with Crippen molar-refractivity contribution in [2.75, 3.05) is 11.9 Å². The number of hydrogen-bond donors (Lipinski definition) is 2. The summed E-state index contributed by atoms with van der Waals surface area (Å²) in [7, 11) is 0. The predicted molar refractivity (Wildman–Crippen MR) is 135 cm³/mol. The first-order valence-corrected chi connectivity index (χ1v) is 11.6. The number of halogens is 2. The fourth-order valence-electron chi connectivity index (χ4n) is 4.32. The highest BCUT2D eigenvalue weighted by molar-refractivity contribution is 5.77. The third-order valence-electron chi connectivity index (χ3n) is 6.12. The molecule has 0 amide bonds. The van der Waals surface area contributed by atoms with Gasteiger partial charge in [-0.15, -0.1) is 6.58 Å². The summed E-state index contributed by atoms with van der Waals surface area (Å²) in [6.45, 7) is 10.2. The van der Waals surface area contributed by atoms with Crippen molar-refractivity contribution in [3.8, 4) is 5.82 Å². The second-order valence-corrected chi connectivity index (χ2v) is 9.85. The lowest BCUT2D eigenvalue weighted by Crippen LogP contribution is -2.36. The number of nitrogens with one attached hydrogen (secondary N) is 2. The van der Waals surface area contributed by atoms with Gasteiger partial charge in [0.15, 0.2) is 11.5 Å². The molecular formula is C26H27F2N7O. The number of allylic oxidation sites excluding steroid dienone is 1. The fraction of sp³-hybridized carbons (Fsp3) is 0.308. The number of hydrogen-bond acceptors (Lipinski definition) is 6. The fourth-order valence-corrected chi connectivity index (χ4v) is 4.32. The zero-order valence-electron chi connectivity index (χ0n) is 20.3. The van der Waals surface area contributed by atoms with E-state index in [1.807, 2.05) is 18.2 Å². The lowest BCUT2D eigenvalue weighted by atomic mass is 9.92. The SMILES string of the molecule is C=CCn1c(=O)c2cnc(Nc3ccc4c(c3)CNCC4(F)F)nc2n1-c1cccc(C(C)(C)C)n1. The Morgan fingerprint density at radius 1 is 1.22 bits per heavy atom. The minimum absolute atomic E-state index is 0.0170. The molecule has 2 N–H and O–H groups in total. The maximum absolute atomic E-state index is 14.2. The van der Waals surface area contributed by atoms with E-state index in [1.54, 1.807) is 22.9 Å². The number of anilines is 2. The maximum Gasteiger partial charge on any atom is 0.285 e. The van der Waals surface area contributed by atoms with Gasteiger partial charge in [0.2, 0.25) is 5.95 Å². The molecule has 1 aliphatic heterocycles. The molecule has 5 rings (SSSR count). The lowest BCUT2D eigenvalue weighted by molar-refractivity contribution is -0.0107. The Morgan fingerprint density at radius 3 is 2.78 bits per heavy atom. The van der Waals surface area contributed by atoms with Crippen molar-refractivity contribution in [2.24, 2.45) is 0 Å². The topological polar surface area (TPSA) is 89.7 Å². The Bertz CT molecular complexity index is 1530. The monoisotopic (exact) mass is 491 g/mol. The molecule has 1 aliphatic rings. The van der Waals surface area contributed by atoms with Gasteiger partial charge in [-0.05, 0) is 29.8 Å². The molecule has 4 aromatic rings. The van der Waals surface area contributed by atoms with Crippen molar-refractivity contribution in [3.05, 3.63) is 82.4 Å². The number of fused-ring (bicyclic) bond motifs is 2.